The molecule has 2 saturated heterocycles. The van der Waals surface area contributed by atoms with Crippen molar-refractivity contribution in [2.24, 2.45) is 10.7 Å². The van der Waals surface area contributed by atoms with Gasteiger partial charge in [0.1, 0.15) is 23.8 Å². The Labute approximate surface area is 198 Å². The third-order valence-electron chi connectivity index (χ3n) is 6.29. The molecule has 1 amide bonds. The van der Waals surface area contributed by atoms with Crippen LogP contribution in [0.2, 0.25) is 0 Å². The number of carboxylic acid groups (broad SMARTS) is 1. The molecule has 0 unspecified atom stereocenters. The monoisotopic (exact) mass is 498 g/mol. The number of benzene rings is 1. The average molecular weight is 499 g/mol. The molecule has 2 fully saturated rings. The fraction of sp³-hybridized carbons (Fsp3) is 0.550. The number of carbonyl (C=O) groups is 2. The zero-order valence-electron chi connectivity index (χ0n) is 18.1. The highest BCUT2D eigenvalue weighted by Crippen LogP contribution is 2.64. The minimum atomic E-state index is -0.942. The number of nitrogens with one attached hydrogen (secondary N) is 1. The van der Waals surface area contributed by atoms with Gasteiger partial charge in [-0.05, 0) is 6.92 Å². The Morgan fingerprint density at radius 3 is 2.79 bits per heavy atom. The summed E-state index contributed by atoms with van der Waals surface area (Å²) in [6.07, 6.45) is 0.740. The highest BCUT2D eigenvalue weighted by molar-refractivity contribution is 8.76. The van der Waals surface area contributed by atoms with E-state index in [4.69, 9.17) is 20.3 Å². The van der Waals surface area contributed by atoms with Crippen molar-refractivity contribution in [3.63, 3.8) is 0 Å². The summed E-state index contributed by atoms with van der Waals surface area (Å²) < 4.78 is 11.1. The molecule has 180 valence electrons. The lowest BCUT2D eigenvalue weighted by Gasteiger charge is -2.38. The summed E-state index contributed by atoms with van der Waals surface area (Å²) in [5, 5.41) is 34.4. The lowest BCUT2D eigenvalue weighted by molar-refractivity contribution is -0.136. The predicted octanol–water partition coefficient (Wildman–Crippen LogP) is 1.66. The first-order chi connectivity index (χ1) is 15.7. The van der Waals surface area contributed by atoms with Crippen molar-refractivity contribution in [3.05, 3.63) is 11.1 Å². The van der Waals surface area contributed by atoms with Crippen molar-refractivity contribution >= 4 is 51.2 Å². The molecule has 0 saturated carbocycles. The van der Waals surface area contributed by atoms with Crippen LogP contribution in [-0.2, 0) is 14.3 Å². The fourth-order valence-corrected chi connectivity index (χ4v) is 6.55. The Bertz CT molecular complexity index is 1010. The van der Waals surface area contributed by atoms with E-state index in [0.717, 1.165) is 0 Å². The largest absolute Gasteiger partial charge is 0.505 e. The number of piperazine rings is 1. The SMILES string of the molecule is CO[C@@]12[C@H](COC(N)=O)c3c(O)c(N=CCSSCCC(=O)O)c(C)c(O)c3N1C[C@@H]1N[C@@H]12. The van der Waals surface area contributed by atoms with Crippen molar-refractivity contribution in [1.29, 1.82) is 0 Å². The number of methoxy groups -OCH3 is 1. The number of primary amides is 1. The highest BCUT2D eigenvalue weighted by atomic mass is 33.1. The van der Waals surface area contributed by atoms with Gasteiger partial charge in [-0.3, -0.25) is 9.79 Å². The minimum Gasteiger partial charge on any atom is -0.505 e. The van der Waals surface area contributed by atoms with E-state index in [9.17, 15) is 19.8 Å². The van der Waals surface area contributed by atoms with Crippen LogP contribution in [0, 0.1) is 6.92 Å². The van der Waals surface area contributed by atoms with Crippen molar-refractivity contribution in [2.45, 2.75) is 37.1 Å². The Morgan fingerprint density at radius 1 is 1.36 bits per heavy atom. The molecule has 1 aromatic rings. The van der Waals surface area contributed by atoms with Crippen LogP contribution in [0.4, 0.5) is 16.2 Å². The number of hydrogen-bond acceptors (Lipinski definition) is 11. The number of ether oxygens (including phenoxy) is 2. The summed E-state index contributed by atoms with van der Waals surface area (Å²) >= 11 is 0. The smallest absolute Gasteiger partial charge is 0.404 e. The van der Waals surface area contributed by atoms with Crippen LogP contribution in [-0.4, -0.2) is 83.2 Å². The number of carbonyl (C=O) groups excluding carboxylic acids is 1. The second-order valence-corrected chi connectivity index (χ2v) is 10.6. The van der Waals surface area contributed by atoms with E-state index in [1.165, 1.54) is 21.6 Å². The van der Waals surface area contributed by atoms with Crippen LogP contribution in [0.1, 0.15) is 23.5 Å². The molecule has 4 atom stereocenters. The predicted molar refractivity (Wildman–Crippen MR) is 126 cm³/mol. The molecular weight excluding hydrogens is 472 g/mol. The van der Waals surface area contributed by atoms with Crippen LogP contribution in [0.5, 0.6) is 11.5 Å². The van der Waals surface area contributed by atoms with Crippen molar-refractivity contribution < 1.29 is 34.4 Å². The summed E-state index contributed by atoms with van der Waals surface area (Å²) in [4.78, 5) is 28.2. The van der Waals surface area contributed by atoms with Gasteiger partial charge in [0.2, 0.25) is 0 Å². The van der Waals surface area contributed by atoms with E-state index < -0.39 is 23.7 Å². The van der Waals surface area contributed by atoms with E-state index in [2.05, 4.69) is 10.3 Å². The molecule has 4 rings (SSSR count). The molecule has 6 N–H and O–H groups in total. The Morgan fingerprint density at radius 2 is 2.12 bits per heavy atom. The normalized spacial score (nSPS) is 26.8. The van der Waals surface area contributed by atoms with Gasteiger partial charge >= 0.3 is 12.1 Å². The maximum Gasteiger partial charge on any atom is 0.404 e. The van der Waals surface area contributed by atoms with Gasteiger partial charge in [0.25, 0.3) is 0 Å². The van der Waals surface area contributed by atoms with E-state index in [1.807, 2.05) is 4.90 Å². The number of hydrogen-bond donors (Lipinski definition) is 5. The summed E-state index contributed by atoms with van der Waals surface area (Å²) in [6, 6.07) is 0.117. The lowest BCUT2D eigenvalue weighted by Crippen LogP contribution is -2.54. The lowest BCUT2D eigenvalue weighted by atomic mass is 9.88. The number of nitrogens with two attached hydrogens (primary N) is 1. The first kappa shape index (κ1) is 23.8. The van der Waals surface area contributed by atoms with Gasteiger partial charge < -0.3 is 40.7 Å². The first-order valence-electron chi connectivity index (χ1n) is 10.3. The molecule has 11 nitrogen and oxygen atoms in total. The Hall–Kier alpha value is -2.35. The number of amides is 1. The second kappa shape index (κ2) is 9.12. The fourth-order valence-electron chi connectivity index (χ4n) is 4.86. The number of carboxylic acids is 1. The molecule has 0 spiro atoms. The molecule has 1 aromatic carbocycles. The van der Waals surface area contributed by atoms with E-state index in [0.29, 0.717) is 34.9 Å². The average Bonchev–Trinajstić information content (AvgIpc) is 3.37. The van der Waals surface area contributed by atoms with Crippen LogP contribution >= 0.6 is 21.6 Å². The van der Waals surface area contributed by atoms with Gasteiger partial charge in [-0.2, -0.15) is 0 Å². The van der Waals surface area contributed by atoms with Crippen LogP contribution < -0.4 is 16.0 Å². The standard InChI is InChI=1S/C20H26N4O7S2/c1-9-14(22-4-6-33-32-5-3-12(25)26)17(28)13-10(8-31-19(21)29)20(30-2)18-11(23-18)7-24(20)15(13)16(9)27/h4,10-11,18,23,27-28H,3,5-8H2,1-2H3,(H2,21,29)(H,25,26)/t10-,11+,18+,20-/m1/s1. The number of fused-ring (bicyclic) bond motifs is 5. The van der Waals surface area contributed by atoms with E-state index in [1.54, 1.807) is 20.2 Å². The van der Waals surface area contributed by atoms with Crippen molar-refractivity contribution in [1.82, 2.24) is 5.32 Å². The second-order valence-electron chi connectivity index (χ2n) is 8.00. The number of aliphatic imine (C=N–C) groups is 1. The number of anilines is 1. The van der Waals surface area contributed by atoms with Gasteiger partial charge in [0.15, 0.2) is 5.72 Å². The number of phenolic OH excluding ortho intramolecular Hbond substituents is 2. The number of phenols is 2. The number of aromatic hydroxyl groups is 2. The summed E-state index contributed by atoms with van der Waals surface area (Å²) in [7, 11) is 4.41. The van der Waals surface area contributed by atoms with Crippen LogP contribution in [0.3, 0.4) is 0 Å². The van der Waals surface area contributed by atoms with E-state index >= 15 is 0 Å². The third kappa shape index (κ3) is 3.96. The molecule has 0 aromatic heterocycles. The Balaban J connectivity index is 1.64. The molecule has 3 aliphatic heterocycles. The maximum absolute atomic E-state index is 11.4. The highest BCUT2D eigenvalue weighted by Gasteiger charge is 2.71. The van der Waals surface area contributed by atoms with Gasteiger partial charge in [-0.15, -0.1) is 0 Å². The van der Waals surface area contributed by atoms with E-state index in [-0.39, 0.29) is 42.3 Å². The number of rotatable bonds is 10. The zero-order valence-corrected chi connectivity index (χ0v) is 19.7. The zero-order chi connectivity index (χ0) is 23.9. The molecule has 33 heavy (non-hydrogen) atoms. The van der Waals surface area contributed by atoms with Gasteiger partial charge in [0.05, 0.1) is 24.1 Å². The minimum absolute atomic E-state index is 0.0114. The Kier molecular flexibility index (Phi) is 6.58. The van der Waals surface area contributed by atoms with Crippen LogP contribution in [0.25, 0.3) is 0 Å². The van der Waals surface area contributed by atoms with Crippen LogP contribution in [0.15, 0.2) is 4.99 Å². The molecular formula is C20H26N4O7S2. The first-order valence-corrected chi connectivity index (χ1v) is 12.8. The molecule has 3 heterocycles. The number of nitrogens with zero attached hydrogens (tertiary/aromatic N) is 2. The molecule has 13 heteroatoms. The van der Waals surface area contributed by atoms with Gasteiger partial charge in [-0.1, -0.05) is 21.6 Å². The molecule has 0 aliphatic carbocycles. The van der Waals surface area contributed by atoms with Crippen molar-refractivity contribution in [2.75, 3.05) is 36.7 Å². The maximum atomic E-state index is 11.4. The van der Waals surface area contributed by atoms with Gasteiger partial charge in [0, 0.05) is 48.5 Å². The van der Waals surface area contributed by atoms with Gasteiger partial charge in [-0.25, -0.2) is 4.79 Å². The molecule has 0 radical (unpaired) electrons. The quantitative estimate of drug-likeness (QED) is 0.104. The number of aliphatic carboxylic acids is 1. The molecule has 3 aliphatic rings. The summed E-state index contributed by atoms with van der Waals surface area (Å²) in [6.45, 7) is 2.11. The third-order valence-corrected chi connectivity index (χ3v) is 8.52. The summed E-state index contributed by atoms with van der Waals surface area (Å²) in [5.74, 6) is -0.607. The van der Waals surface area contributed by atoms with Crippen molar-refractivity contribution in [3.8, 4) is 11.5 Å². The topological polar surface area (TPSA) is 177 Å². The molecule has 0 bridgehead atoms. The summed E-state index contributed by atoms with van der Waals surface area (Å²) in [5.41, 5.74) is 5.77.